The largest absolute Gasteiger partial charge is 0.345 e. The van der Waals surface area contributed by atoms with Crippen LogP contribution in [0, 0.1) is 5.82 Å². The molecular weight excluding hydrogens is 303 g/mol. The predicted molar refractivity (Wildman–Crippen MR) is 88.8 cm³/mol. The summed E-state index contributed by atoms with van der Waals surface area (Å²) in [4.78, 5) is 8.50. The molecule has 1 aliphatic heterocycles. The first-order valence-corrected chi connectivity index (χ1v) is 7.34. The number of halogens is 3. The standard InChI is InChI=1S/C14H13F2N3.C2H6.CH3F/c1-8-3-4-12(16)19(2)13(8)11-7-18-14-10(11)5-9(15)6-17-14;2*1-2/h3-7,12H,1-2H3,(H,17,18);1-2H3;1H3. The summed E-state index contributed by atoms with van der Waals surface area (Å²) in [5, 5.41) is 0.656. The van der Waals surface area contributed by atoms with Gasteiger partial charge in [0.05, 0.1) is 19.1 Å². The zero-order valence-electron chi connectivity index (χ0n) is 14.0. The van der Waals surface area contributed by atoms with E-state index in [0.29, 0.717) is 18.2 Å². The number of alkyl halides is 2. The zero-order valence-corrected chi connectivity index (χ0v) is 14.0. The molecule has 1 atom stereocenters. The van der Waals surface area contributed by atoms with Crippen LogP contribution in [-0.2, 0) is 0 Å². The average molecular weight is 325 g/mol. The molecule has 2 aromatic rings. The Morgan fingerprint density at radius 2 is 1.91 bits per heavy atom. The molecule has 0 spiro atoms. The Bertz CT molecular complexity index is 704. The van der Waals surface area contributed by atoms with Gasteiger partial charge in [0.25, 0.3) is 0 Å². The van der Waals surface area contributed by atoms with E-state index in [2.05, 4.69) is 9.97 Å². The molecule has 6 heteroatoms. The van der Waals surface area contributed by atoms with Crippen molar-refractivity contribution in [2.75, 3.05) is 14.2 Å². The number of pyridine rings is 1. The molecule has 0 amide bonds. The smallest absolute Gasteiger partial charge is 0.191 e. The molecule has 3 rings (SSSR count). The van der Waals surface area contributed by atoms with E-state index < -0.39 is 12.1 Å². The molecule has 23 heavy (non-hydrogen) atoms. The summed E-state index contributed by atoms with van der Waals surface area (Å²) in [6.07, 6.45) is 4.95. The molecule has 3 heterocycles. The Labute approximate surface area is 134 Å². The SMILES string of the molecule is CC.CC1=C(c2c[nH]c3ncc(F)cc23)N(C)C(F)C=C1.CF. The lowest BCUT2D eigenvalue weighted by Crippen LogP contribution is -2.27. The number of fused-ring (bicyclic) bond motifs is 1. The number of allylic oxidation sites excluding steroid dienone is 2. The van der Waals surface area contributed by atoms with Crippen molar-refractivity contribution in [3.05, 3.63) is 47.6 Å². The van der Waals surface area contributed by atoms with E-state index in [9.17, 15) is 13.2 Å². The number of likely N-dealkylation sites (N-methyl/N-ethyl adjacent to an activating group) is 1. The lowest BCUT2D eigenvalue weighted by atomic mass is 10.0. The minimum absolute atomic E-state index is 0.405. The fraction of sp³-hybridized carbons (Fsp3) is 0.353. The van der Waals surface area contributed by atoms with Gasteiger partial charge in [-0.1, -0.05) is 19.9 Å². The van der Waals surface area contributed by atoms with E-state index in [4.69, 9.17) is 0 Å². The van der Waals surface area contributed by atoms with Crippen molar-refractivity contribution < 1.29 is 13.2 Å². The highest BCUT2D eigenvalue weighted by Gasteiger charge is 2.23. The monoisotopic (exact) mass is 325 g/mol. The van der Waals surface area contributed by atoms with Crippen LogP contribution >= 0.6 is 0 Å². The first-order valence-electron chi connectivity index (χ1n) is 7.34. The zero-order chi connectivity index (χ0) is 17.6. The minimum atomic E-state index is -1.18. The maximum Gasteiger partial charge on any atom is 0.191 e. The van der Waals surface area contributed by atoms with Gasteiger partial charge in [-0.25, -0.2) is 13.8 Å². The van der Waals surface area contributed by atoms with Gasteiger partial charge in [-0.3, -0.25) is 4.39 Å². The van der Waals surface area contributed by atoms with E-state index in [1.165, 1.54) is 17.0 Å². The van der Waals surface area contributed by atoms with E-state index in [0.717, 1.165) is 23.0 Å². The van der Waals surface area contributed by atoms with Gasteiger partial charge < -0.3 is 9.88 Å². The second-order valence-electron chi connectivity index (χ2n) is 4.63. The number of rotatable bonds is 1. The number of aromatic nitrogens is 2. The third-order valence-electron chi connectivity index (χ3n) is 3.35. The Balaban J connectivity index is 0.000000615. The number of hydrogen-bond acceptors (Lipinski definition) is 2. The average Bonchev–Trinajstić information content (AvgIpc) is 2.98. The molecule has 0 saturated heterocycles. The fourth-order valence-electron chi connectivity index (χ4n) is 2.41. The molecule has 1 N–H and O–H groups in total. The summed E-state index contributed by atoms with van der Waals surface area (Å²) in [7, 11) is 2.18. The lowest BCUT2D eigenvalue weighted by Gasteiger charge is -2.29. The van der Waals surface area contributed by atoms with Crippen LogP contribution in [0.15, 0.2) is 36.2 Å². The molecular formula is C17H22F3N3. The first kappa shape index (κ1) is 18.8. The second kappa shape index (κ2) is 8.41. The van der Waals surface area contributed by atoms with Crippen molar-refractivity contribution in [2.24, 2.45) is 0 Å². The predicted octanol–water partition coefficient (Wildman–Crippen LogP) is 4.84. The van der Waals surface area contributed by atoms with Gasteiger partial charge in [0.15, 0.2) is 6.30 Å². The lowest BCUT2D eigenvalue weighted by molar-refractivity contribution is 0.219. The van der Waals surface area contributed by atoms with Crippen molar-refractivity contribution in [1.29, 1.82) is 0 Å². The molecule has 1 aliphatic rings. The second-order valence-corrected chi connectivity index (χ2v) is 4.63. The van der Waals surface area contributed by atoms with Crippen LogP contribution in [-0.4, -0.2) is 35.4 Å². The third-order valence-corrected chi connectivity index (χ3v) is 3.35. The summed E-state index contributed by atoms with van der Waals surface area (Å²) >= 11 is 0. The van der Waals surface area contributed by atoms with E-state index in [1.807, 2.05) is 20.8 Å². The van der Waals surface area contributed by atoms with Gasteiger partial charge in [-0.2, -0.15) is 0 Å². The summed E-state index contributed by atoms with van der Waals surface area (Å²) < 4.78 is 36.6. The van der Waals surface area contributed by atoms with Gasteiger partial charge in [0.2, 0.25) is 0 Å². The van der Waals surface area contributed by atoms with Gasteiger partial charge in [0.1, 0.15) is 11.5 Å². The highest BCUT2D eigenvalue weighted by Crippen LogP contribution is 2.33. The van der Waals surface area contributed by atoms with Gasteiger partial charge in [-0.05, 0) is 24.6 Å². The van der Waals surface area contributed by atoms with Crippen molar-refractivity contribution in [3.8, 4) is 0 Å². The third kappa shape index (κ3) is 3.75. The number of hydrogen-bond donors (Lipinski definition) is 1. The van der Waals surface area contributed by atoms with E-state index >= 15 is 0 Å². The van der Waals surface area contributed by atoms with Crippen LogP contribution in [0.25, 0.3) is 16.7 Å². The van der Waals surface area contributed by atoms with Crippen LogP contribution in [0.5, 0.6) is 0 Å². The van der Waals surface area contributed by atoms with Gasteiger partial charge >= 0.3 is 0 Å². The normalized spacial score (nSPS) is 16.7. The Kier molecular flexibility index (Phi) is 6.88. The Morgan fingerprint density at radius 3 is 2.57 bits per heavy atom. The van der Waals surface area contributed by atoms with Crippen LogP contribution < -0.4 is 0 Å². The number of H-pyrrole nitrogens is 1. The number of aromatic amines is 1. The highest BCUT2D eigenvalue weighted by atomic mass is 19.1. The topological polar surface area (TPSA) is 31.9 Å². The summed E-state index contributed by atoms with van der Waals surface area (Å²) in [5.74, 6) is -0.405. The van der Waals surface area contributed by atoms with Crippen molar-refractivity contribution in [1.82, 2.24) is 14.9 Å². The maximum absolute atomic E-state index is 13.8. The first-order chi connectivity index (χ1) is 11.1. The molecule has 0 fully saturated rings. The molecule has 2 aromatic heterocycles. The summed E-state index contributed by atoms with van der Waals surface area (Å²) in [5.41, 5.74) is 3.03. The van der Waals surface area contributed by atoms with Crippen LogP contribution in [0.3, 0.4) is 0 Å². The maximum atomic E-state index is 13.8. The molecule has 0 saturated carbocycles. The fourth-order valence-corrected chi connectivity index (χ4v) is 2.41. The summed E-state index contributed by atoms with van der Waals surface area (Å²) in [6.45, 7) is 5.90. The Hall–Kier alpha value is -2.24. The molecule has 126 valence electrons. The van der Waals surface area contributed by atoms with Crippen molar-refractivity contribution in [2.45, 2.75) is 27.1 Å². The van der Waals surface area contributed by atoms with Crippen LogP contribution in [0.1, 0.15) is 26.3 Å². The molecule has 3 nitrogen and oxygen atoms in total. The van der Waals surface area contributed by atoms with Gasteiger partial charge in [-0.15, -0.1) is 0 Å². The van der Waals surface area contributed by atoms with Crippen LogP contribution in [0.4, 0.5) is 13.2 Å². The molecule has 0 aromatic carbocycles. The Morgan fingerprint density at radius 1 is 1.26 bits per heavy atom. The molecule has 0 aliphatic carbocycles. The number of nitrogens with one attached hydrogen (secondary N) is 1. The highest BCUT2D eigenvalue weighted by molar-refractivity contribution is 5.91. The van der Waals surface area contributed by atoms with Crippen molar-refractivity contribution >= 4 is 16.7 Å². The number of nitrogens with zero attached hydrogens (tertiary/aromatic N) is 2. The van der Waals surface area contributed by atoms with Gasteiger partial charge in [0, 0.05) is 24.2 Å². The quantitative estimate of drug-likeness (QED) is 0.761. The van der Waals surface area contributed by atoms with Crippen LogP contribution in [0.2, 0.25) is 0 Å². The van der Waals surface area contributed by atoms with E-state index in [1.54, 1.807) is 19.3 Å². The molecule has 0 bridgehead atoms. The molecule has 1 unspecified atom stereocenters. The molecule has 0 radical (unpaired) electrons. The minimum Gasteiger partial charge on any atom is -0.345 e. The summed E-state index contributed by atoms with van der Waals surface area (Å²) in [6, 6.07) is 1.41. The van der Waals surface area contributed by atoms with Crippen molar-refractivity contribution in [3.63, 3.8) is 0 Å². The van der Waals surface area contributed by atoms with E-state index in [-0.39, 0.29) is 0 Å².